The van der Waals surface area contributed by atoms with Gasteiger partial charge >= 0.3 is 0 Å². The summed E-state index contributed by atoms with van der Waals surface area (Å²) in [6, 6.07) is 9.89. The van der Waals surface area contributed by atoms with Crippen LogP contribution in [0.5, 0.6) is 0 Å². The first-order valence-corrected chi connectivity index (χ1v) is 4.89. The molecule has 0 saturated heterocycles. The third-order valence-corrected chi connectivity index (χ3v) is 2.08. The van der Waals surface area contributed by atoms with Crippen LogP contribution in [0.15, 0.2) is 30.3 Å². The smallest absolute Gasteiger partial charge is 0.138 e. The van der Waals surface area contributed by atoms with Gasteiger partial charge in [0.15, 0.2) is 0 Å². The number of Topliss-reactive ketones (excluding diaryl/α,β-unsaturated/α-hetero) is 1. The summed E-state index contributed by atoms with van der Waals surface area (Å²) in [5.74, 6) is 0.310. The van der Waals surface area contributed by atoms with Crippen molar-refractivity contribution in [3.05, 3.63) is 35.9 Å². The van der Waals surface area contributed by atoms with Crippen molar-refractivity contribution in [2.75, 3.05) is 20.6 Å². The van der Waals surface area contributed by atoms with Gasteiger partial charge in [0, 0.05) is 19.4 Å². The third kappa shape index (κ3) is 6.26. The largest absolute Gasteiger partial charge is 0.309 e. The minimum absolute atomic E-state index is 0. The molecule has 0 aliphatic heterocycles. The Bertz CT molecular complexity index is 285. The normalized spacial score (nSPS) is 9.80. The lowest BCUT2D eigenvalue weighted by Gasteiger charge is -2.07. The summed E-state index contributed by atoms with van der Waals surface area (Å²) in [5, 5.41) is 0. The Kier molecular flexibility index (Phi) is 7.01. The fraction of sp³-hybridized carbons (Fsp3) is 0.417. The van der Waals surface area contributed by atoms with Crippen LogP contribution in [0.2, 0.25) is 0 Å². The number of hydrogen-bond acceptors (Lipinski definition) is 2. The van der Waals surface area contributed by atoms with E-state index in [1.165, 1.54) is 0 Å². The van der Waals surface area contributed by atoms with Gasteiger partial charge in [0.25, 0.3) is 0 Å². The van der Waals surface area contributed by atoms with E-state index < -0.39 is 0 Å². The molecule has 0 fully saturated rings. The van der Waals surface area contributed by atoms with Gasteiger partial charge in [-0.3, -0.25) is 4.79 Å². The Hall–Kier alpha value is -0.860. The van der Waals surface area contributed by atoms with Crippen LogP contribution >= 0.6 is 12.4 Å². The molecule has 0 unspecified atom stereocenters. The van der Waals surface area contributed by atoms with Crippen molar-refractivity contribution >= 4 is 18.2 Å². The van der Waals surface area contributed by atoms with Crippen LogP contribution in [0.1, 0.15) is 12.0 Å². The van der Waals surface area contributed by atoms with E-state index in [2.05, 4.69) is 0 Å². The van der Waals surface area contributed by atoms with Crippen molar-refractivity contribution in [3.8, 4) is 0 Å². The molecule has 3 heteroatoms. The summed E-state index contributed by atoms with van der Waals surface area (Å²) < 4.78 is 0. The molecule has 1 aromatic rings. The van der Waals surface area contributed by atoms with Crippen LogP contribution < -0.4 is 0 Å². The predicted octanol–water partition coefficient (Wildman–Crippen LogP) is 2.17. The fourth-order valence-corrected chi connectivity index (χ4v) is 1.26. The molecular weight excluding hydrogens is 210 g/mol. The summed E-state index contributed by atoms with van der Waals surface area (Å²) >= 11 is 0. The summed E-state index contributed by atoms with van der Waals surface area (Å²) in [6.45, 7) is 0.839. The summed E-state index contributed by atoms with van der Waals surface area (Å²) in [4.78, 5) is 13.5. The zero-order valence-electron chi connectivity index (χ0n) is 9.27. The minimum Gasteiger partial charge on any atom is -0.309 e. The molecule has 0 saturated carbocycles. The average Bonchev–Trinajstić information content (AvgIpc) is 2.16. The van der Waals surface area contributed by atoms with E-state index in [0.29, 0.717) is 18.6 Å². The molecule has 0 N–H and O–H groups in total. The van der Waals surface area contributed by atoms with Gasteiger partial charge in [-0.05, 0) is 19.7 Å². The molecule has 0 radical (unpaired) electrons. The van der Waals surface area contributed by atoms with E-state index in [1.54, 1.807) is 0 Å². The van der Waals surface area contributed by atoms with Crippen molar-refractivity contribution < 1.29 is 4.79 Å². The number of halogens is 1. The first kappa shape index (κ1) is 14.1. The van der Waals surface area contributed by atoms with Crippen molar-refractivity contribution in [2.24, 2.45) is 0 Å². The molecule has 0 amide bonds. The van der Waals surface area contributed by atoms with Crippen molar-refractivity contribution in [3.63, 3.8) is 0 Å². The molecule has 0 heterocycles. The quantitative estimate of drug-likeness (QED) is 0.769. The average molecular weight is 228 g/mol. The van der Waals surface area contributed by atoms with E-state index in [-0.39, 0.29) is 12.4 Å². The number of benzene rings is 1. The molecule has 0 bridgehead atoms. The van der Waals surface area contributed by atoms with Crippen molar-refractivity contribution in [2.45, 2.75) is 12.8 Å². The number of ketones is 1. The fourth-order valence-electron chi connectivity index (χ4n) is 1.26. The van der Waals surface area contributed by atoms with Gasteiger partial charge in [0.2, 0.25) is 0 Å². The summed E-state index contributed by atoms with van der Waals surface area (Å²) in [5.41, 5.74) is 1.11. The van der Waals surface area contributed by atoms with Crippen LogP contribution in [0.4, 0.5) is 0 Å². The molecule has 1 aromatic carbocycles. The maximum Gasteiger partial charge on any atom is 0.138 e. The first-order valence-electron chi connectivity index (χ1n) is 4.89. The van der Waals surface area contributed by atoms with Crippen LogP contribution in [0, 0.1) is 0 Å². The maximum atomic E-state index is 11.5. The van der Waals surface area contributed by atoms with E-state index in [1.807, 2.05) is 49.3 Å². The number of carbonyl (C=O) groups excluding carboxylic acids is 1. The van der Waals surface area contributed by atoms with E-state index in [4.69, 9.17) is 0 Å². The Morgan fingerprint density at radius 1 is 1.20 bits per heavy atom. The number of carbonyl (C=O) groups is 1. The number of rotatable bonds is 5. The zero-order valence-corrected chi connectivity index (χ0v) is 10.1. The van der Waals surface area contributed by atoms with E-state index in [9.17, 15) is 4.79 Å². The van der Waals surface area contributed by atoms with Crippen LogP contribution in [0.25, 0.3) is 0 Å². The first-order chi connectivity index (χ1) is 6.68. The Morgan fingerprint density at radius 2 is 1.80 bits per heavy atom. The third-order valence-electron chi connectivity index (χ3n) is 2.08. The van der Waals surface area contributed by atoms with Gasteiger partial charge in [0.05, 0.1) is 0 Å². The van der Waals surface area contributed by atoms with Gasteiger partial charge in [-0.2, -0.15) is 0 Å². The molecule has 15 heavy (non-hydrogen) atoms. The zero-order chi connectivity index (χ0) is 10.4. The van der Waals surface area contributed by atoms with Crippen LogP contribution in [-0.2, 0) is 11.2 Å². The van der Waals surface area contributed by atoms with Crippen molar-refractivity contribution in [1.82, 2.24) is 4.90 Å². The SMILES string of the molecule is CN(C)CCC(=O)Cc1ccccc1.Cl. The predicted molar refractivity (Wildman–Crippen MR) is 65.6 cm³/mol. The Labute approximate surface area is 97.7 Å². The highest BCUT2D eigenvalue weighted by atomic mass is 35.5. The Morgan fingerprint density at radius 3 is 2.33 bits per heavy atom. The Balaban J connectivity index is 0.00000196. The summed E-state index contributed by atoms with van der Waals surface area (Å²) in [6.07, 6.45) is 1.20. The van der Waals surface area contributed by atoms with Gasteiger partial charge in [-0.15, -0.1) is 12.4 Å². The molecule has 0 aliphatic carbocycles. The van der Waals surface area contributed by atoms with Gasteiger partial charge < -0.3 is 4.90 Å². The number of nitrogens with zero attached hydrogens (tertiary/aromatic N) is 1. The maximum absolute atomic E-state index is 11.5. The minimum atomic E-state index is 0. The lowest BCUT2D eigenvalue weighted by molar-refractivity contribution is -0.118. The van der Waals surface area contributed by atoms with E-state index >= 15 is 0 Å². The molecule has 2 nitrogen and oxygen atoms in total. The molecule has 0 spiro atoms. The summed E-state index contributed by atoms with van der Waals surface area (Å²) in [7, 11) is 3.96. The highest BCUT2D eigenvalue weighted by molar-refractivity contribution is 5.85. The van der Waals surface area contributed by atoms with Crippen LogP contribution in [0.3, 0.4) is 0 Å². The molecule has 0 atom stereocenters. The van der Waals surface area contributed by atoms with Gasteiger partial charge in [-0.25, -0.2) is 0 Å². The van der Waals surface area contributed by atoms with Gasteiger partial charge in [-0.1, -0.05) is 30.3 Å². The number of hydrogen-bond donors (Lipinski definition) is 0. The monoisotopic (exact) mass is 227 g/mol. The van der Waals surface area contributed by atoms with Gasteiger partial charge in [0.1, 0.15) is 5.78 Å². The second-order valence-corrected chi connectivity index (χ2v) is 3.75. The lowest BCUT2D eigenvalue weighted by Crippen LogP contribution is -2.17. The lowest BCUT2D eigenvalue weighted by atomic mass is 10.1. The molecule has 84 valence electrons. The highest BCUT2D eigenvalue weighted by Gasteiger charge is 2.03. The van der Waals surface area contributed by atoms with Crippen LogP contribution in [-0.4, -0.2) is 31.3 Å². The second kappa shape index (κ2) is 7.43. The molecule has 0 aromatic heterocycles. The molecule has 0 aliphatic rings. The van der Waals surface area contributed by atoms with E-state index in [0.717, 1.165) is 12.1 Å². The topological polar surface area (TPSA) is 20.3 Å². The standard InChI is InChI=1S/C12H17NO.ClH/c1-13(2)9-8-12(14)10-11-6-4-3-5-7-11;/h3-7H,8-10H2,1-2H3;1H. The second-order valence-electron chi connectivity index (χ2n) is 3.75. The molecule has 1 rings (SSSR count). The highest BCUT2D eigenvalue weighted by Crippen LogP contribution is 2.01. The molecular formula is C12H18ClNO. The van der Waals surface area contributed by atoms with Crippen molar-refractivity contribution in [1.29, 1.82) is 0 Å².